The summed E-state index contributed by atoms with van der Waals surface area (Å²) in [6.07, 6.45) is 5.69. The summed E-state index contributed by atoms with van der Waals surface area (Å²) in [6, 6.07) is 6.71. The summed E-state index contributed by atoms with van der Waals surface area (Å²) in [5.74, 6) is 2.62. The zero-order valence-electron chi connectivity index (χ0n) is 10.7. The number of hydrogen-bond donors (Lipinski definition) is 0. The first-order valence-corrected chi connectivity index (χ1v) is 7.30. The molecule has 2 aliphatic carbocycles. The molecule has 0 spiro atoms. The molecule has 92 valence electrons. The highest BCUT2D eigenvalue weighted by atomic mass is 35.5. The molecule has 2 bridgehead atoms. The van der Waals surface area contributed by atoms with Gasteiger partial charge in [0.2, 0.25) is 0 Å². The molecule has 2 aliphatic rings. The van der Waals surface area contributed by atoms with E-state index in [4.69, 9.17) is 11.6 Å². The third kappa shape index (κ3) is 2.01. The molecule has 2 saturated carbocycles. The predicted octanol–water partition coefficient (Wildman–Crippen LogP) is 5.02. The molecule has 0 saturated heterocycles. The second kappa shape index (κ2) is 4.31. The summed E-state index contributed by atoms with van der Waals surface area (Å²) in [7, 11) is 0. The van der Waals surface area contributed by atoms with Crippen LogP contribution in [0.5, 0.6) is 0 Å². The fraction of sp³-hybridized carbons (Fsp3) is 0.625. The molecule has 1 heteroatoms. The van der Waals surface area contributed by atoms with Gasteiger partial charge in [0.05, 0.1) is 5.38 Å². The SMILES string of the molecule is Cc1ccc(C(Cl)C2CC3CCC2C3)c(C)c1. The Balaban J connectivity index is 1.84. The van der Waals surface area contributed by atoms with Crippen LogP contribution < -0.4 is 0 Å². The summed E-state index contributed by atoms with van der Waals surface area (Å²) >= 11 is 6.76. The van der Waals surface area contributed by atoms with E-state index >= 15 is 0 Å². The van der Waals surface area contributed by atoms with E-state index in [1.807, 2.05) is 0 Å². The molecule has 1 aromatic carbocycles. The van der Waals surface area contributed by atoms with Crippen molar-refractivity contribution < 1.29 is 0 Å². The molecule has 0 N–H and O–H groups in total. The van der Waals surface area contributed by atoms with Crippen molar-refractivity contribution >= 4 is 11.6 Å². The number of rotatable bonds is 2. The van der Waals surface area contributed by atoms with E-state index in [0.29, 0.717) is 0 Å². The van der Waals surface area contributed by atoms with Crippen LogP contribution in [-0.4, -0.2) is 0 Å². The molecule has 1 aromatic rings. The van der Waals surface area contributed by atoms with Gasteiger partial charge in [-0.3, -0.25) is 0 Å². The number of benzene rings is 1. The molecule has 0 radical (unpaired) electrons. The van der Waals surface area contributed by atoms with Crippen LogP contribution in [0.25, 0.3) is 0 Å². The largest absolute Gasteiger partial charge is 0.118 e. The van der Waals surface area contributed by atoms with Crippen LogP contribution in [-0.2, 0) is 0 Å². The molecule has 3 rings (SSSR count). The molecule has 0 aliphatic heterocycles. The first-order chi connectivity index (χ1) is 8.15. The summed E-state index contributed by atoms with van der Waals surface area (Å²) in [5.41, 5.74) is 4.07. The molecule has 0 nitrogen and oxygen atoms in total. The molecule has 2 fully saturated rings. The highest BCUT2D eigenvalue weighted by Crippen LogP contribution is 2.54. The Bertz CT molecular complexity index is 424. The lowest BCUT2D eigenvalue weighted by Gasteiger charge is -2.27. The van der Waals surface area contributed by atoms with Gasteiger partial charge in [0.15, 0.2) is 0 Å². The normalized spacial score (nSPS) is 33.0. The summed E-state index contributed by atoms with van der Waals surface area (Å²) in [4.78, 5) is 0. The van der Waals surface area contributed by atoms with Gasteiger partial charge in [0.25, 0.3) is 0 Å². The van der Waals surface area contributed by atoms with Gasteiger partial charge in [-0.2, -0.15) is 0 Å². The van der Waals surface area contributed by atoms with E-state index in [1.165, 1.54) is 42.4 Å². The van der Waals surface area contributed by atoms with Crippen molar-refractivity contribution in [1.82, 2.24) is 0 Å². The maximum atomic E-state index is 6.76. The lowest BCUT2D eigenvalue weighted by molar-refractivity contribution is 0.323. The Morgan fingerprint density at radius 3 is 2.59 bits per heavy atom. The van der Waals surface area contributed by atoms with Crippen molar-refractivity contribution in [2.24, 2.45) is 17.8 Å². The fourth-order valence-corrected chi connectivity index (χ4v) is 4.57. The molecule has 17 heavy (non-hydrogen) atoms. The Labute approximate surface area is 109 Å². The maximum absolute atomic E-state index is 6.76. The van der Waals surface area contributed by atoms with Crippen LogP contribution in [0.2, 0.25) is 0 Å². The van der Waals surface area contributed by atoms with Crippen LogP contribution in [0, 0.1) is 31.6 Å². The van der Waals surface area contributed by atoms with Gasteiger partial charge in [-0.1, -0.05) is 30.2 Å². The van der Waals surface area contributed by atoms with Crippen LogP contribution >= 0.6 is 11.6 Å². The lowest BCUT2D eigenvalue weighted by Crippen LogP contribution is -2.16. The van der Waals surface area contributed by atoms with Gasteiger partial charge >= 0.3 is 0 Å². The lowest BCUT2D eigenvalue weighted by atomic mass is 9.83. The minimum atomic E-state index is 0.242. The molecule has 4 atom stereocenters. The third-order valence-electron chi connectivity index (χ3n) is 4.89. The minimum absolute atomic E-state index is 0.242. The smallest absolute Gasteiger partial charge is 0.0618 e. The van der Waals surface area contributed by atoms with Crippen molar-refractivity contribution in [3.8, 4) is 0 Å². The van der Waals surface area contributed by atoms with Crippen molar-refractivity contribution in [2.45, 2.75) is 44.9 Å². The molecule has 0 aromatic heterocycles. The van der Waals surface area contributed by atoms with Crippen molar-refractivity contribution in [3.63, 3.8) is 0 Å². The second-order valence-electron chi connectivity index (χ2n) is 6.10. The summed E-state index contributed by atoms with van der Waals surface area (Å²) in [6.45, 7) is 4.35. The van der Waals surface area contributed by atoms with E-state index in [9.17, 15) is 0 Å². The zero-order chi connectivity index (χ0) is 12.0. The maximum Gasteiger partial charge on any atom is 0.0618 e. The van der Waals surface area contributed by atoms with Crippen LogP contribution in [0.15, 0.2) is 18.2 Å². The monoisotopic (exact) mass is 248 g/mol. The van der Waals surface area contributed by atoms with Crippen LogP contribution in [0.4, 0.5) is 0 Å². The van der Waals surface area contributed by atoms with Crippen LogP contribution in [0.1, 0.15) is 47.8 Å². The predicted molar refractivity (Wildman–Crippen MR) is 73.4 cm³/mol. The van der Waals surface area contributed by atoms with E-state index < -0.39 is 0 Å². The number of hydrogen-bond acceptors (Lipinski definition) is 0. The van der Waals surface area contributed by atoms with Gasteiger partial charge < -0.3 is 0 Å². The van der Waals surface area contributed by atoms with Crippen molar-refractivity contribution in [3.05, 3.63) is 34.9 Å². The molecular formula is C16H21Cl. The number of alkyl halides is 1. The minimum Gasteiger partial charge on any atom is -0.118 e. The molecule has 4 unspecified atom stereocenters. The second-order valence-corrected chi connectivity index (χ2v) is 6.57. The average Bonchev–Trinajstić information content (AvgIpc) is 2.89. The first kappa shape index (κ1) is 11.6. The van der Waals surface area contributed by atoms with Gasteiger partial charge in [-0.25, -0.2) is 0 Å². The van der Waals surface area contributed by atoms with Crippen molar-refractivity contribution in [1.29, 1.82) is 0 Å². The third-order valence-corrected chi connectivity index (χ3v) is 5.45. The van der Waals surface area contributed by atoms with E-state index in [-0.39, 0.29) is 5.38 Å². The van der Waals surface area contributed by atoms with E-state index in [2.05, 4.69) is 32.0 Å². The zero-order valence-corrected chi connectivity index (χ0v) is 11.5. The number of aryl methyl sites for hydroxylation is 2. The Kier molecular flexibility index (Phi) is 2.94. The highest BCUT2D eigenvalue weighted by Gasteiger charge is 2.43. The molecule has 0 amide bonds. The van der Waals surface area contributed by atoms with Gasteiger partial charge in [0.1, 0.15) is 0 Å². The van der Waals surface area contributed by atoms with Crippen LogP contribution in [0.3, 0.4) is 0 Å². The Hall–Kier alpha value is -0.490. The van der Waals surface area contributed by atoms with E-state index in [0.717, 1.165) is 17.8 Å². The van der Waals surface area contributed by atoms with Crippen molar-refractivity contribution in [2.75, 3.05) is 0 Å². The number of fused-ring (bicyclic) bond motifs is 2. The van der Waals surface area contributed by atoms with Gasteiger partial charge in [0, 0.05) is 0 Å². The fourth-order valence-electron chi connectivity index (χ4n) is 4.02. The van der Waals surface area contributed by atoms with E-state index in [1.54, 1.807) is 0 Å². The molecule has 0 heterocycles. The highest BCUT2D eigenvalue weighted by molar-refractivity contribution is 6.21. The van der Waals surface area contributed by atoms with Gasteiger partial charge in [-0.05, 0) is 62.0 Å². The Morgan fingerprint density at radius 1 is 1.18 bits per heavy atom. The first-order valence-electron chi connectivity index (χ1n) is 6.86. The average molecular weight is 249 g/mol. The quantitative estimate of drug-likeness (QED) is 0.645. The van der Waals surface area contributed by atoms with Gasteiger partial charge in [-0.15, -0.1) is 11.6 Å². The Morgan fingerprint density at radius 2 is 2.00 bits per heavy atom. The molecular weight excluding hydrogens is 228 g/mol. The topological polar surface area (TPSA) is 0 Å². The standard InChI is InChI=1S/C16H21Cl/c1-10-3-6-14(11(2)7-10)16(17)15-9-12-4-5-13(15)8-12/h3,6-7,12-13,15-16H,4-5,8-9H2,1-2H3. The number of halogens is 1. The summed E-state index contributed by atoms with van der Waals surface area (Å²) in [5, 5.41) is 0.242. The summed E-state index contributed by atoms with van der Waals surface area (Å²) < 4.78 is 0.